The maximum Gasteiger partial charge on any atom is 0.325 e. The molecule has 0 radical (unpaired) electrons. The molecule has 0 bridgehead atoms. The van der Waals surface area contributed by atoms with E-state index in [1.165, 1.54) is 34.6 Å². The summed E-state index contributed by atoms with van der Waals surface area (Å²) < 4.78 is 1.23. The number of carboxylic acid groups (broad SMARTS) is 1. The standard InChI is InChI=1S/C10H10N4O3S/c1-6-11-3-8(18-6)10(17)13-7-2-12-14(4-7)5-9(15)16/h2-4H,5H2,1H3,(H,13,17)(H,15,16). The number of hydrogen-bond donors (Lipinski definition) is 2. The molecule has 7 nitrogen and oxygen atoms in total. The van der Waals surface area contributed by atoms with E-state index >= 15 is 0 Å². The number of amides is 1. The second-order valence-corrected chi connectivity index (χ2v) is 4.75. The van der Waals surface area contributed by atoms with Crippen LogP contribution in [0.5, 0.6) is 0 Å². The zero-order valence-corrected chi connectivity index (χ0v) is 10.3. The predicted molar refractivity (Wildman–Crippen MR) is 64.7 cm³/mol. The fourth-order valence-corrected chi connectivity index (χ4v) is 1.99. The number of aliphatic carboxylic acids is 1. The van der Waals surface area contributed by atoms with Gasteiger partial charge in [-0.1, -0.05) is 0 Å². The fraction of sp³-hybridized carbons (Fsp3) is 0.200. The van der Waals surface area contributed by atoms with Gasteiger partial charge in [0.1, 0.15) is 11.4 Å². The zero-order chi connectivity index (χ0) is 13.1. The highest BCUT2D eigenvalue weighted by atomic mass is 32.1. The first kappa shape index (κ1) is 12.2. The van der Waals surface area contributed by atoms with Gasteiger partial charge in [-0.25, -0.2) is 4.98 Å². The molecule has 18 heavy (non-hydrogen) atoms. The van der Waals surface area contributed by atoms with Gasteiger partial charge in [-0.15, -0.1) is 11.3 Å². The number of carbonyl (C=O) groups is 2. The van der Waals surface area contributed by atoms with Crippen LogP contribution in [0, 0.1) is 6.92 Å². The van der Waals surface area contributed by atoms with Crippen LogP contribution in [0.15, 0.2) is 18.6 Å². The van der Waals surface area contributed by atoms with E-state index in [0.29, 0.717) is 10.6 Å². The molecule has 0 aliphatic heterocycles. The Morgan fingerprint density at radius 3 is 2.89 bits per heavy atom. The molecule has 2 aromatic heterocycles. The molecule has 2 rings (SSSR count). The van der Waals surface area contributed by atoms with E-state index in [0.717, 1.165) is 5.01 Å². The topological polar surface area (TPSA) is 97.1 Å². The molecule has 0 aliphatic carbocycles. The summed E-state index contributed by atoms with van der Waals surface area (Å²) in [6.45, 7) is 1.57. The predicted octanol–water partition coefficient (Wildman–Crippen LogP) is 0.985. The van der Waals surface area contributed by atoms with Gasteiger partial charge in [0.2, 0.25) is 0 Å². The minimum atomic E-state index is -0.992. The third-order valence-electron chi connectivity index (χ3n) is 2.03. The van der Waals surface area contributed by atoms with Crippen LogP contribution in [0.1, 0.15) is 14.7 Å². The number of anilines is 1. The third-order valence-corrected chi connectivity index (χ3v) is 2.94. The maximum atomic E-state index is 11.8. The Hall–Kier alpha value is -2.22. The molecule has 8 heteroatoms. The highest BCUT2D eigenvalue weighted by Gasteiger charge is 2.10. The molecular weight excluding hydrogens is 256 g/mol. The molecular formula is C10H10N4O3S. The lowest BCUT2D eigenvalue weighted by atomic mass is 10.4. The monoisotopic (exact) mass is 266 g/mol. The Bertz CT molecular complexity index is 589. The normalized spacial score (nSPS) is 10.3. The number of carboxylic acids is 1. The Kier molecular flexibility index (Phi) is 3.38. The Morgan fingerprint density at radius 1 is 1.50 bits per heavy atom. The first-order valence-corrected chi connectivity index (χ1v) is 5.84. The van der Waals surface area contributed by atoms with Gasteiger partial charge in [0.05, 0.1) is 23.1 Å². The molecule has 0 saturated carbocycles. The van der Waals surface area contributed by atoms with Crippen molar-refractivity contribution in [2.24, 2.45) is 0 Å². The summed E-state index contributed by atoms with van der Waals surface area (Å²) in [4.78, 5) is 26.7. The van der Waals surface area contributed by atoms with Crippen LogP contribution in [0.25, 0.3) is 0 Å². The van der Waals surface area contributed by atoms with Gasteiger partial charge in [-0.2, -0.15) is 5.10 Å². The van der Waals surface area contributed by atoms with Gasteiger partial charge in [-0.3, -0.25) is 14.3 Å². The second kappa shape index (κ2) is 4.96. The molecule has 0 aliphatic rings. The molecule has 2 N–H and O–H groups in total. The highest BCUT2D eigenvalue weighted by molar-refractivity contribution is 7.13. The summed E-state index contributed by atoms with van der Waals surface area (Å²) >= 11 is 1.29. The summed E-state index contributed by atoms with van der Waals surface area (Å²) in [6.07, 6.45) is 4.35. The van der Waals surface area contributed by atoms with Crippen LogP contribution in [0.3, 0.4) is 0 Å². The van der Waals surface area contributed by atoms with E-state index in [1.807, 2.05) is 6.92 Å². The number of thiazole rings is 1. The van der Waals surface area contributed by atoms with Crippen molar-refractivity contribution in [3.05, 3.63) is 28.5 Å². The Morgan fingerprint density at radius 2 is 2.28 bits per heavy atom. The highest BCUT2D eigenvalue weighted by Crippen LogP contribution is 2.14. The summed E-state index contributed by atoms with van der Waals surface area (Å²) in [5.74, 6) is -1.27. The van der Waals surface area contributed by atoms with Crippen molar-refractivity contribution < 1.29 is 14.7 Å². The quantitative estimate of drug-likeness (QED) is 0.860. The number of carbonyl (C=O) groups excluding carboxylic acids is 1. The number of aryl methyl sites for hydroxylation is 1. The van der Waals surface area contributed by atoms with Crippen molar-refractivity contribution in [1.82, 2.24) is 14.8 Å². The van der Waals surface area contributed by atoms with E-state index in [1.54, 1.807) is 0 Å². The molecule has 0 saturated heterocycles. The van der Waals surface area contributed by atoms with E-state index in [2.05, 4.69) is 15.4 Å². The molecule has 0 fully saturated rings. The fourth-order valence-electron chi connectivity index (χ4n) is 1.31. The van der Waals surface area contributed by atoms with Gasteiger partial charge < -0.3 is 10.4 Å². The van der Waals surface area contributed by atoms with E-state index in [9.17, 15) is 9.59 Å². The van der Waals surface area contributed by atoms with Crippen LogP contribution < -0.4 is 5.32 Å². The van der Waals surface area contributed by atoms with Gasteiger partial charge in [0.25, 0.3) is 5.91 Å². The molecule has 0 spiro atoms. The number of hydrogen-bond acceptors (Lipinski definition) is 5. The summed E-state index contributed by atoms with van der Waals surface area (Å²) in [5.41, 5.74) is 0.451. The third kappa shape index (κ3) is 2.92. The minimum absolute atomic E-state index is 0.241. The molecule has 2 aromatic rings. The van der Waals surface area contributed by atoms with Crippen LogP contribution in [-0.4, -0.2) is 31.7 Å². The van der Waals surface area contributed by atoms with Crippen molar-refractivity contribution in [3.63, 3.8) is 0 Å². The number of nitrogens with one attached hydrogen (secondary N) is 1. The van der Waals surface area contributed by atoms with Gasteiger partial charge in [-0.05, 0) is 6.92 Å². The lowest BCUT2D eigenvalue weighted by molar-refractivity contribution is -0.137. The lowest BCUT2D eigenvalue weighted by Gasteiger charge is -1.98. The smallest absolute Gasteiger partial charge is 0.325 e. The van der Waals surface area contributed by atoms with E-state index < -0.39 is 5.97 Å². The number of nitrogens with zero attached hydrogens (tertiary/aromatic N) is 3. The summed E-state index contributed by atoms with van der Waals surface area (Å²) in [5, 5.41) is 15.8. The summed E-state index contributed by atoms with van der Waals surface area (Å²) in [7, 11) is 0. The Balaban J connectivity index is 2.03. The zero-order valence-electron chi connectivity index (χ0n) is 9.45. The SMILES string of the molecule is Cc1ncc(C(=O)Nc2cnn(CC(=O)O)c2)s1. The van der Waals surface area contributed by atoms with E-state index in [-0.39, 0.29) is 12.5 Å². The molecule has 0 aromatic carbocycles. The van der Waals surface area contributed by atoms with Crippen LogP contribution in [-0.2, 0) is 11.3 Å². The first-order valence-electron chi connectivity index (χ1n) is 5.02. The first-order chi connectivity index (χ1) is 8.54. The average molecular weight is 266 g/mol. The minimum Gasteiger partial charge on any atom is -0.480 e. The van der Waals surface area contributed by atoms with Crippen molar-refractivity contribution >= 4 is 28.9 Å². The molecule has 1 amide bonds. The Labute approximate surface area is 106 Å². The van der Waals surface area contributed by atoms with Crippen molar-refractivity contribution in [3.8, 4) is 0 Å². The van der Waals surface area contributed by atoms with Gasteiger partial charge in [0.15, 0.2) is 0 Å². The molecule has 2 heterocycles. The van der Waals surface area contributed by atoms with E-state index in [4.69, 9.17) is 5.11 Å². The van der Waals surface area contributed by atoms with Crippen LogP contribution in [0.2, 0.25) is 0 Å². The van der Waals surface area contributed by atoms with Crippen molar-refractivity contribution in [2.75, 3.05) is 5.32 Å². The van der Waals surface area contributed by atoms with Crippen LogP contribution in [0.4, 0.5) is 5.69 Å². The van der Waals surface area contributed by atoms with Gasteiger partial charge in [0, 0.05) is 6.20 Å². The number of rotatable bonds is 4. The lowest BCUT2D eigenvalue weighted by Crippen LogP contribution is -2.10. The van der Waals surface area contributed by atoms with Crippen LogP contribution >= 0.6 is 11.3 Å². The summed E-state index contributed by atoms with van der Waals surface area (Å²) in [6, 6.07) is 0. The van der Waals surface area contributed by atoms with Crippen molar-refractivity contribution in [1.29, 1.82) is 0 Å². The molecule has 0 atom stereocenters. The molecule has 0 unspecified atom stereocenters. The molecule has 94 valence electrons. The maximum absolute atomic E-state index is 11.8. The largest absolute Gasteiger partial charge is 0.480 e. The second-order valence-electron chi connectivity index (χ2n) is 3.52. The average Bonchev–Trinajstić information content (AvgIpc) is 2.87. The van der Waals surface area contributed by atoms with Crippen molar-refractivity contribution in [2.45, 2.75) is 13.5 Å². The number of aromatic nitrogens is 3. The van der Waals surface area contributed by atoms with Gasteiger partial charge >= 0.3 is 5.97 Å².